The van der Waals surface area contributed by atoms with Crippen molar-refractivity contribution in [2.24, 2.45) is 0 Å². The zero-order valence-corrected chi connectivity index (χ0v) is 9.19. The van der Waals surface area contributed by atoms with Crippen LogP contribution in [0.3, 0.4) is 0 Å². The van der Waals surface area contributed by atoms with Gasteiger partial charge in [0.2, 0.25) is 5.91 Å². The number of aliphatic carboxylic acids is 1. The van der Waals surface area contributed by atoms with Crippen molar-refractivity contribution < 1.29 is 14.7 Å². The second-order valence-corrected chi connectivity index (χ2v) is 5.23. The molecule has 80 valence electrons. The number of amides is 1. The highest BCUT2D eigenvalue weighted by molar-refractivity contribution is 8.00. The minimum Gasteiger partial charge on any atom is -0.480 e. The monoisotopic (exact) mass is 217 g/mol. The molecule has 0 spiro atoms. The van der Waals surface area contributed by atoms with Crippen molar-refractivity contribution in [2.75, 3.05) is 5.75 Å². The number of carbonyl (C=O) groups excluding carboxylic acids is 1. The van der Waals surface area contributed by atoms with Crippen LogP contribution in [0.25, 0.3) is 0 Å². The van der Waals surface area contributed by atoms with E-state index in [1.165, 1.54) is 13.8 Å². The first-order valence-corrected chi connectivity index (χ1v) is 5.65. The predicted octanol–water partition coefficient (Wildman–Crippen LogP) is 0.861. The van der Waals surface area contributed by atoms with Crippen LogP contribution in [0.2, 0.25) is 0 Å². The fraction of sp³-hybridized carbons (Fsp3) is 0.778. The largest absolute Gasteiger partial charge is 0.480 e. The lowest BCUT2D eigenvalue weighted by Gasteiger charge is -2.22. The molecule has 0 saturated carbocycles. The van der Waals surface area contributed by atoms with Crippen molar-refractivity contribution in [3.63, 3.8) is 0 Å². The fourth-order valence-electron chi connectivity index (χ4n) is 1.23. The summed E-state index contributed by atoms with van der Waals surface area (Å²) in [6.45, 7) is 2.99. The molecule has 2 N–H and O–H groups in total. The van der Waals surface area contributed by atoms with Gasteiger partial charge in [0, 0.05) is 0 Å². The molecule has 1 heterocycles. The standard InChI is InChI=1S/C9H15NO3S/c1-9(2,8(12)13)10-7(11)6-4-3-5-14-6/h6H,3-5H2,1-2H3,(H,10,11)(H,12,13). The van der Waals surface area contributed by atoms with Crippen molar-refractivity contribution in [3.8, 4) is 0 Å². The van der Waals surface area contributed by atoms with Crippen LogP contribution < -0.4 is 5.32 Å². The van der Waals surface area contributed by atoms with E-state index in [-0.39, 0.29) is 11.2 Å². The number of rotatable bonds is 3. The number of thioether (sulfide) groups is 1. The van der Waals surface area contributed by atoms with Crippen LogP contribution in [0.5, 0.6) is 0 Å². The van der Waals surface area contributed by atoms with E-state index in [0.29, 0.717) is 0 Å². The molecule has 0 aromatic heterocycles. The van der Waals surface area contributed by atoms with E-state index in [1.807, 2.05) is 0 Å². The quantitative estimate of drug-likeness (QED) is 0.736. The van der Waals surface area contributed by atoms with E-state index in [9.17, 15) is 9.59 Å². The molecule has 1 amide bonds. The zero-order valence-electron chi connectivity index (χ0n) is 8.37. The molecular formula is C9H15NO3S. The van der Waals surface area contributed by atoms with Crippen LogP contribution in [0.1, 0.15) is 26.7 Å². The maximum atomic E-state index is 11.6. The Bertz CT molecular complexity index is 246. The van der Waals surface area contributed by atoms with Crippen LogP contribution >= 0.6 is 11.8 Å². The predicted molar refractivity (Wildman–Crippen MR) is 55.3 cm³/mol. The molecule has 4 nitrogen and oxygen atoms in total. The third kappa shape index (κ3) is 2.64. The molecule has 1 fully saturated rings. The van der Waals surface area contributed by atoms with E-state index in [1.54, 1.807) is 11.8 Å². The summed E-state index contributed by atoms with van der Waals surface area (Å²) in [6.07, 6.45) is 1.89. The summed E-state index contributed by atoms with van der Waals surface area (Å²) in [5.74, 6) is -0.167. The van der Waals surface area contributed by atoms with Crippen molar-refractivity contribution >= 4 is 23.6 Å². The van der Waals surface area contributed by atoms with Gasteiger partial charge < -0.3 is 10.4 Å². The van der Waals surface area contributed by atoms with Gasteiger partial charge in [0.05, 0.1) is 5.25 Å². The Labute approximate surface area is 87.4 Å². The first-order chi connectivity index (χ1) is 6.43. The Morgan fingerprint density at radius 3 is 2.57 bits per heavy atom. The van der Waals surface area contributed by atoms with E-state index >= 15 is 0 Å². The Balaban J connectivity index is 2.51. The van der Waals surface area contributed by atoms with Crippen molar-refractivity contribution in [2.45, 2.75) is 37.5 Å². The topological polar surface area (TPSA) is 66.4 Å². The SMILES string of the molecule is CC(C)(NC(=O)C1CCCS1)C(=O)O. The summed E-state index contributed by atoms with van der Waals surface area (Å²) >= 11 is 1.60. The molecule has 0 aromatic carbocycles. The molecule has 1 aliphatic heterocycles. The second kappa shape index (κ2) is 4.21. The minimum atomic E-state index is -1.17. The van der Waals surface area contributed by atoms with Crippen LogP contribution in [0.4, 0.5) is 0 Å². The normalized spacial score (nSPS) is 22.0. The van der Waals surface area contributed by atoms with Gasteiger partial charge >= 0.3 is 5.97 Å². The summed E-state index contributed by atoms with van der Waals surface area (Å²) in [4.78, 5) is 22.3. The number of carboxylic acids is 1. The summed E-state index contributed by atoms with van der Waals surface area (Å²) in [6, 6.07) is 0. The third-order valence-corrected chi connectivity index (χ3v) is 3.57. The lowest BCUT2D eigenvalue weighted by Crippen LogP contribution is -2.51. The van der Waals surface area contributed by atoms with Crippen LogP contribution in [-0.2, 0) is 9.59 Å². The number of hydrogen-bond acceptors (Lipinski definition) is 3. The first kappa shape index (κ1) is 11.4. The average molecular weight is 217 g/mol. The van der Waals surface area contributed by atoms with Crippen molar-refractivity contribution in [1.82, 2.24) is 5.32 Å². The first-order valence-electron chi connectivity index (χ1n) is 4.60. The van der Waals surface area contributed by atoms with Gasteiger partial charge in [-0.05, 0) is 32.4 Å². The molecule has 14 heavy (non-hydrogen) atoms. The summed E-state index contributed by atoms with van der Waals surface area (Å²) < 4.78 is 0. The molecule has 1 unspecified atom stereocenters. The molecule has 1 aliphatic rings. The molecule has 0 bridgehead atoms. The van der Waals surface area contributed by atoms with Gasteiger partial charge in [0.25, 0.3) is 0 Å². The number of carbonyl (C=O) groups is 2. The minimum absolute atomic E-state index is 0.0615. The number of hydrogen-bond donors (Lipinski definition) is 2. The van der Waals surface area contributed by atoms with E-state index in [4.69, 9.17) is 5.11 Å². The highest BCUT2D eigenvalue weighted by Crippen LogP contribution is 2.26. The van der Waals surface area contributed by atoms with E-state index in [0.717, 1.165) is 18.6 Å². The molecule has 0 radical (unpaired) electrons. The Morgan fingerprint density at radius 1 is 1.50 bits per heavy atom. The molecular weight excluding hydrogens is 202 g/mol. The summed E-state index contributed by atoms with van der Waals surface area (Å²) in [7, 11) is 0. The second-order valence-electron chi connectivity index (χ2n) is 3.92. The van der Waals surface area contributed by atoms with Crippen molar-refractivity contribution in [3.05, 3.63) is 0 Å². The molecule has 5 heteroatoms. The molecule has 1 atom stereocenters. The fourth-order valence-corrected chi connectivity index (χ4v) is 2.39. The number of nitrogens with one attached hydrogen (secondary N) is 1. The maximum absolute atomic E-state index is 11.6. The highest BCUT2D eigenvalue weighted by atomic mass is 32.2. The number of carboxylic acid groups (broad SMARTS) is 1. The lowest BCUT2D eigenvalue weighted by atomic mass is 10.1. The Kier molecular flexibility index (Phi) is 3.42. The average Bonchev–Trinajstić information content (AvgIpc) is 2.54. The van der Waals surface area contributed by atoms with Gasteiger partial charge in [0.15, 0.2) is 0 Å². The Hall–Kier alpha value is -0.710. The maximum Gasteiger partial charge on any atom is 0.328 e. The Morgan fingerprint density at radius 2 is 2.14 bits per heavy atom. The summed E-state index contributed by atoms with van der Waals surface area (Å²) in [5, 5.41) is 11.3. The zero-order chi connectivity index (χ0) is 10.8. The van der Waals surface area contributed by atoms with E-state index in [2.05, 4.69) is 5.32 Å². The van der Waals surface area contributed by atoms with Crippen LogP contribution in [0.15, 0.2) is 0 Å². The van der Waals surface area contributed by atoms with Gasteiger partial charge in [0.1, 0.15) is 5.54 Å². The molecule has 1 saturated heterocycles. The van der Waals surface area contributed by atoms with Gasteiger partial charge in [-0.25, -0.2) is 4.79 Å². The van der Waals surface area contributed by atoms with Gasteiger partial charge in [-0.3, -0.25) is 4.79 Å². The van der Waals surface area contributed by atoms with Gasteiger partial charge in [-0.1, -0.05) is 0 Å². The third-order valence-electron chi connectivity index (χ3n) is 2.19. The molecule has 1 rings (SSSR count). The van der Waals surface area contributed by atoms with Gasteiger partial charge in [-0.2, -0.15) is 0 Å². The summed E-state index contributed by atoms with van der Waals surface area (Å²) in [5.41, 5.74) is -1.17. The van der Waals surface area contributed by atoms with Crippen LogP contribution in [-0.4, -0.2) is 33.5 Å². The molecule has 0 aromatic rings. The lowest BCUT2D eigenvalue weighted by molar-refractivity contribution is -0.145. The van der Waals surface area contributed by atoms with Gasteiger partial charge in [-0.15, -0.1) is 11.8 Å². The highest BCUT2D eigenvalue weighted by Gasteiger charge is 2.33. The smallest absolute Gasteiger partial charge is 0.328 e. The van der Waals surface area contributed by atoms with E-state index < -0.39 is 11.5 Å². The molecule has 0 aliphatic carbocycles. The van der Waals surface area contributed by atoms with Crippen molar-refractivity contribution in [1.29, 1.82) is 0 Å². The van der Waals surface area contributed by atoms with Crippen LogP contribution in [0, 0.1) is 0 Å².